The molecule has 0 aliphatic carbocycles. The van der Waals surface area contributed by atoms with Crippen molar-refractivity contribution >= 4 is 79.7 Å². The number of benzene rings is 1. The maximum absolute atomic E-state index is 13.5. The van der Waals surface area contributed by atoms with Crippen LogP contribution in [0.3, 0.4) is 0 Å². The van der Waals surface area contributed by atoms with Crippen molar-refractivity contribution in [2.75, 3.05) is 0 Å². The number of esters is 1. The van der Waals surface area contributed by atoms with Crippen LogP contribution in [0.1, 0.15) is 24.2 Å². The van der Waals surface area contributed by atoms with E-state index < -0.39 is 41.7 Å². The molecule has 0 aromatic heterocycles. The lowest BCUT2D eigenvalue weighted by Gasteiger charge is -2.40. The molecule has 0 aliphatic heterocycles. The number of carbonyl (C=O) groups is 2. The number of hydrogen-bond acceptors (Lipinski definition) is 3. The Bertz CT molecular complexity index is 762. The van der Waals surface area contributed by atoms with Crippen molar-refractivity contribution in [3.63, 3.8) is 0 Å². The fraction of sp³-hybridized carbons (Fsp3) is 0.467. The predicted octanol–water partition coefficient (Wildman–Crippen LogP) is 5.88. The second-order valence-electron chi connectivity index (χ2n) is 5.90. The van der Waals surface area contributed by atoms with Gasteiger partial charge < -0.3 is 9.84 Å². The summed E-state index contributed by atoms with van der Waals surface area (Å²) in [5.41, 5.74) is -5.51. The molecule has 0 saturated heterocycles. The zero-order valence-corrected chi connectivity index (χ0v) is 20.4. The van der Waals surface area contributed by atoms with E-state index in [4.69, 9.17) is 5.11 Å². The van der Waals surface area contributed by atoms with Crippen LogP contribution in [-0.2, 0) is 9.53 Å². The number of hydrogen-bond donors (Lipinski definition) is 1. The summed E-state index contributed by atoms with van der Waals surface area (Å²) in [6.45, 7) is 1.83. The lowest BCUT2D eigenvalue weighted by Crippen LogP contribution is -2.64. The van der Waals surface area contributed by atoms with Crippen LogP contribution >= 0.6 is 67.8 Å². The van der Waals surface area contributed by atoms with Gasteiger partial charge in [0.2, 0.25) is 0 Å². The number of carbonyl (C=O) groups excluding carboxylic acids is 1. The van der Waals surface area contributed by atoms with Gasteiger partial charge in [0.25, 0.3) is 5.41 Å². The summed E-state index contributed by atoms with van der Waals surface area (Å²) in [4.78, 5) is 23.8. The average Bonchev–Trinajstić information content (AvgIpc) is 2.47. The lowest BCUT2D eigenvalue weighted by atomic mass is 9.75. The molecule has 158 valence electrons. The molecule has 0 amide bonds. The van der Waals surface area contributed by atoms with E-state index in [1.165, 1.54) is 6.07 Å². The number of carboxylic acid groups (broad SMARTS) is 1. The van der Waals surface area contributed by atoms with Crippen molar-refractivity contribution in [1.82, 2.24) is 0 Å². The molecule has 13 heteroatoms. The molecule has 0 saturated carbocycles. The monoisotopic (exact) mass is 750 g/mol. The highest BCUT2D eigenvalue weighted by Crippen LogP contribution is 2.55. The van der Waals surface area contributed by atoms with Gasteiger partial charge in [-0.05, 0) is 85.8 Å². The van der Waals surface area contributed by atoms with Gasteiger partial charge in [-0.3, -0.25) is 4.79 Å². The molecule has 1 unspecified atom stereocenters. The Hall–Kier alpha value is -0.0700. The maximum Gasteiger partial charge on any atom is 0.417 e. The standard InChI is InChI=1S/C15H11F6I3O4/c1-5(2)10(13(12(26)27,14(16,17)18)15(19,20)21)28-11(25)8-6(22)3-4-7(23)9(8)24/h3-5,10H,1-2H3,(H,26,27). The van der Waals surface area contributed by atoms with E-state index in [1.54, 1.807) is 51.2 Å². The van der Waals surface area contributed by atoms with E-state index in [2.05, 4.69) is 4.74 Å². The number of halogens is 9. The second-order valence-corrected chi connectivity index (χ2v) is 9.30. The zero-order chi connectivity index (χ0) is 22.2. The third-order valence-electron chi connectivity index (χ3n) is 3.75. The third kappa shape index (κ3) is 4.64. The van der Waals surface area contributed by atoms with Crippen molar-refractivity contribution < 1.29 is 45.8 Å². The SMILES string of the molecule is CC(C)C(OC(=O)c1c(I)ccc(I)c1I)C(C(=O)O)(C(F)(F)F)C(F)(F)F. The van der Waals surface area contributed by atoms with Crippen molar-refractivity contribution in [2.24, 2.45) is 11.3 Å². The highest BCUT2D eigenvalue weighted by atomic mass is 127. The van der Waals surface area contributed by atoms with Gasteiger partial charge in [0.15, 0.2) is 0 Å². The molecular weight excluding hydrogens is 739 g/mol. The van der Waals surface area contributed by atoms with Gasteiger partial charge in [-0.2, -0.15) is 26.3 Å². The highest BCUT2D eigenvalue weighted by molar-refractivity contribution is 14.1. The number of aliphatic carboxylic acids is 1. The van der Waals surface area contributed by atoms with Gasteiger partial charge in [-0.25, -0.2) is 4.79 Å². The van der Waals surface area contributed by atoms with Crippen LogP contribution in [0.15, 0.2) is 12.1 Å². The van der Waals surface area contributed by atoms with Crippen LogP contribution < -0.4 is 0 Å². The molecular formula is C15H11F6I3O4. The van der Waals surface area contributed by atoms with Gasteiger partial charge in [-0.1, -0.05) is 13.8 Å². The minimum absolute atomic E-state index is 0.231. The number of carboxylic acids is 1. The van der Waals surface area contributed by atoms with Gasteiger partial charge in [0, 0.05) is 10.7 Å². The van der Waals surface area contributed by atoms with E-state index in [-0.39, 0.29) is 12.7 Å². The molecule has 28 heavy (non-hydrogen) atoms. The van der Waals surface area contributed by atoms with E-state index in [0.717, 1.165) is 13.8 Å². The zero-order valence-electron chi connectivity index (χ0n) is 13.9. The first kappa shape index (κ1) is 26.0. The summed E-state index contributed by atoms with van der Waals surface area (Å²) in [5.74, 6) is -6.27. The largest absolute Gasteiger partial charge is 0.480 e. The molecule has 1 N–H and O–H groups in total. The predicted molar refractivity (Wildman–Crippen MR) is 111 cm³/mol. The number of ether oxygens (including phenoxy) is 1. The highest BCUT2D eigenvalue weighted by Gasteiger charge is 2.81. The molecule has 1 aromatic rings. The van der Waals surface area contributed by atoms with Crippen LogP contribution in [0.25, 0.3) is 0 Å². The third-order valence-corrected chi connectivity index (χ3v) is 7.70. The summed E-state index contributed by atoms with van der Waals surface area (Å²) in [5, 5.41) is 9.02. The van der Waals surface area contributed by atoms with Gasteiger partial charge in [0.1, 0.15) is 6.10 Å². The first-order valence-corrected chi connectivity index (χ1v) is 10.4. The molecule has 4 nitrogen and oxygen atoms in total. The molecule has 0 aliphatic rings. The Balaban J connectivity index is 3.66. The molecule has 0 spiro atoms. The molecule has 0 radical (unpaired) electrons. The summed E-state index contributed by atoms with van der Waals surface area (Å²) < 4.78 is 86.7. The van der Waals surface area contributed by atoms with E-state index in [1.807, 2.05) is 22.6 Å². The van der Waals surface area contributed by atoms with Crippen molar-refractivity contribution in [1.29, 1.82) is 0 Å². The van der Waals surface area contributed by atoms with Gasteiger partial charge >= 0.3 is 24.3 Å². The average molecular weight is 750 g/mol. The topological polar surface area (TPSA) is 63.6 Å². The van der Waals surface area contributed by atoms with Crippen LogP contribution in [0, 0.1) is 22.0 Å². The minimum atomic E-state index is -6.27. The van der Waals surface area contributed by atoms with E-state index in [0.29, 0.717) is 3.57 Å². The van der Waals surface area contributed by atoms with Gasteiger partial charge in [0.05, 0.1) is 5.56 Å². The normalized spacial score (nSPS) is 14.1. The fourth-order valence-corrected chi connectivity index (χ4v) is 4.79. The van der Waals surface area contributed by atoms with Crippen molar-refractivity contribution in [3.05, 3.63) is 28.4 Å². The Morgan fingerprint density at radius 2 is 1.39 bits per heavy atom. The Morgan fingerprint density at radius 3 is 1.75 bits per heavy atom. The first-order valence-electron chi connectivity index (χ1n) is 7.21. The summed E-state index contributed by atoms with van der Waals surface area (Å²) >= 11 is 5.21. The molecule has 1 rings (SSSR count). The molecule has 0 fully saturated rings. The van der Waals surface area contributed by atoms with E-state index in [9.17, 15) is 35.9 Å². The van der Waals surface area contributed by atoms with E-state index >= 15 is 0 Å². The molecule has 0 heterocycles. The number of alkyl halides is 6. The Kier molecular flexibility index (Phi) is 8.32. The van der Waals surface area contributed by atoms with Gasteiger partial charge in [-0.15, -0.1) is 0 Å². The quantitative estimate of drug-likeness (QED) is 0.177. The molecule has 1 aromatic carbocycles. The van der Waals surface area contributed by atoms with Crippen molar-refractivity contribution in [2.45, 2.75) is 32.3 Å². The molecule has 0 bridgehead atoms. The van der Waals surface area contributed by atoms with Crippen LogP contribution in [0.4, 0.5) is 26.3 Å². The van der Waals surface area contributed by atoms with Crippen LogP contribution in [0.5, 0.6) is 0 Å². The summed E-state index contributed by atoms with van der Waals surface area (Å²) in [7, 11) is 0. The number of rotatable bonds is 5. The summed E-state index contributed by atoms with van der Waals surface area (Å²) in [6, 6.07) is 3.03. The molecule has 1 atom stereocenters. The van der Waals surface area contributed by atoms with Crippen LogP contribution in [-0.4, -0.2) is 35.5 Å². The maximum atomic E-state index is 13.5. The summed E-state index contributed by atoms with van der Waals surface area (Å²) in [6.07, 6.45) is -15.6. The lowest BCUT2D eigenvalue weighted by molar-refractivity contribution is -0.356. The first-order chi connectivity index (χ1) is 12.5. The van der Waals surface area contributed by atoms with Crippen LogP contribution in [0.2, 0.25) is 0 Å². The fourth-order valence-electron chi connectivity index (χ4n) is 2.46. The smallest absolute Gasteiger partial charge is 0.417 e. The Labute approximate surface area is 196 Å². The Morgan fingerprint density at radius 1 is 0.964 bits per heavy atom. The minimum Gasteiger partial charge on any atom is -0.480 e. The second kappa shape index (κ2) is 8.97. The van der Waals surface area contributed by atoms with Crippen molar-refractivity contribution in [3.8, 4) is 0 Å².